The van der Waals surface area contributed by atoms with Gasteiger partial charge in [0.25, 0.3) is 0 Å². The number of nitrogens with one attached hydrogen (secondary N) is 1. The van der Waals surface area contributed by atoms with E-state index in [0.29, 0.717) is 12.5 Å². The summed E-state index contributed by atoms with van der Waals surface area (Å²) in [4.78, 5) is 2.43. The van der Waals surface area contributed by atoms with Crippen LogP contribution < -0.4 is 4.72 Å². The monoisotopic (exact) mass is 324 g/mol. The highest BCUT2D eigenvalue weighted by Crippen LogP contribution is 2.20. The molecule has 1 aliphatic rings. The topological polar surface area (TPSA) is 49.4 Å². The zero-order chi connectivity index (χ0) is 16.2. The predicted octanol–water partition coefficient (Wildman–Crippen LogP) is 2.40. The van der Waals surface area contributed by atoms with Gasteiger partial charge >= 0.3 is 0 Å². The van der Waals surface area contributed by atoms with Crippen molar-refractivity contribution in [2.75, 3.05) is 19.6 Å². The fraction of sp³-hybridized carbons (Fsp3) is 0.647. The predicted molar refractivity (Wildman–Crippen MR) is 91.3 cm³/mol. The van der Waals surface area contributed by atoms with Crippen molar-refractivity contribution in [2.45, 2.75) is 45.4 Å². The lowest BCUT2D eigenvalue weighted by Gasteiger charge is -2.18. The van der Waals surface area contributed by atoms with Crippen molar-refractivity contribution in [3.8, 4) is 0 Å². The Bertz CT molecular complexity index is 584. The average Bonchev–Trinajstić information content (AvgIpc) is 2.93. The van der Waals surface area contributed by atoms with Crippen LogP contribution >= 0.6 is 0 Å². The zero-order valence-electron chi connectivity index (χ0n) is 13.9. The maximum Gasteiger partial charge on any atom is 0.213 e. The van der Waals surface area contributed by atoms with Crippen molar-refractivity contribution in [3.05, 3.63) is 35.4 Å². The molecule has 1 saturated heterocycles. The highest BCUT2D eigenvalue weighted by Gasteiger charge is 2.25. The van der Waals surface area contributed by atoms with Gasteiger partial charge in [-0.3, -0.25) is 4.90 Å². The Morgan fingerprint density at radius 2 is 1.95 bits per heavy atom. The molecule has 0 unspecified atom stereocenters. The van der Waals surface area contributed by atoms with Gasteiger partial charge in [-0.25, -0.2) is 13.1 Å². The van der Waals surface area contributed by atoms with Crippen molar-refractivity contribution in [3.63, 3.8) is 0 Å². The molecule has 0 saturated carbocycles. The normalized spacial score (nSPS) is 19.9. The Labute approximate surface area is 135 Å². The number of rotatable bonds is 7. The van der Waals surface area contributed by atoms with E-state index in [-0.39, 0.29) is 5.25 Å². The molecule has 0 aromatic heterocycles. The van der Waals surface area contributed by atoms with Gasteiger partial charge in [0.15, 0.2) is 0 Å². The summed E-state index contributed by atoms with van der Waals surface area (Å²) >= 11 is 0. The van der Waals surface area contributed by atoms with Crippen LogP contribution in [0.1, 0.15) is 38.3 Å². The van der Waals surface area contributed by atoms with Crippen molar-refractivity contribution >= 4 is 10.0 Å². The van der Waals surface area contributed by atoms with Gasteiger partial charge in [-0.05, 0) is 50.3 Å². The zero-order valence-corrected chi connectivity index (χ0v) is 14.7. The first-order valence-electron chi connectivity index (χ1n) is 8.20. The summed E-state index contributed by atoms with van der Waals surface area (Å²) in [6, 6.07) is 8.59. The summed E-state index contributed by atoms with van der Waals surface area (Å²) in [7, 11) is -3.14. The average molecular weight is 324 g/mol. The van der Waals surface area contributed by atoms with Crippen molar-refractivity contribution in [1.82, 2.24) is 9.62 Å². The van der Waals surface area contributed by atoms with Gasteiger partial charge in [-0.15, -0.1) is 0 Å². The largest absolute Gasteiger partial charge is 0.299 e. The molecule has 4 nitrogen and oxygen atoms in total. The first-order chi connectivity index (χ1) is 10.4. The van der Waals surface area contributed by atoms with Crippen LogP contribution in [0.3, 0.4) is 0 Å². The van der Waals surface area contributed by atoms with Gasteiger partial charge in [0.2, 0.25) is 10.0 Å². The maximum absolute atomic E-state index is 11.8. The molecule has 0 aliphatic carbocycles. The lowest BCUT2D eigenvalue weighted by Crippen LogP contribution is -2.35. The molecule has 2 rings (SSSR count). The van der Waals surface area contributed by atoms with E-state index in [0.717, 1.165) is 32.5 Å². The van der Waals surface area contributed by atoms with Crippen LogP contribution in [0.4, 0.5) is 0 Å². The summed E-state index contributed by atoms with van der Waals surface area (Å²) in [5.74, 6) is 0.419. The van der Waals surface area contributed by atoms with Crippen LogP contribution in [0.5, 0.6) is 0 Å². The Morgan fingerprint density at radius 1 is 1.27 bits per heavy atom. The van der Waals surface area contributed by atoms with Gasteiger partial charge in [0.05, 0.1) is 5.25 Å². The van der Waals surface area contributed by atoms with E-state index in [2.05, 4.69) is 40.8 Å². The molecule has 1 aromatic carbocycles. The minimum Gasteiger partial charge on any atom is -0.299 e. The SMILES string of the molecule is CCc1ccccc1CN1CC[C@@H](CNS(=O)(=O)C(C)C)C1. The Kier molecular flexibility index (Phi) is 6.01. The van der Waals surface area contributed by atoms with E-state index in [4.69, 9.17) is 0 Å². The minimum atomic E-state index is -3.14. The van der Waals surface area contributed by atoms with Crippen LogP contribution in [-0.4, -0.2) is 38.2 Å². The second-order valence-corrected chi connectivity index (χ2v) is 8.78. The van der Waals surface area contributed by atoms with Crippen LogP contribution in [0, 0.1) is 5.92 Å². The van der Waals surface area contributed by atoms with E-state index in [1.165, 1.54) is 11.1 Å². The highest BCUT2D eigenvalue weighted by atomic mass is 32.2. The minimum absolute atomic E-state index is 0.360. The van der Waals surface area contributed by atoms with E-state index in [1.54, 1.807) is 13.8 Å². The molecule has 1 aromatic rings. The van der Waals surface area contributed by atoms with E-state index in [1.807, 2.05) is 0 Å². The summed E-state index contributed by atoms with van der Waals surface area (Å²) in [6.45, 7) is 9.16. The number of hydrogen-bond acceptors (Lipinski definition) is 3. The van der Waals surface area contributed by atoms with Crippen molar-refractivity contribution in [1.29, 1.82) is 0 Å². The third-order valence-corrected chi connectivity index (χ3v) is 6.27. The van der Waals surface area contributed by atoms with Crippen LogP contribution in [0.2, 0.25) is 0 Å². The van der Waals surface area contributed by atoms with Crippen LogP contribution in [0.25, 0.3) is 0 Å². The third kappa shape index (κ3) is 4.54. The Balaban J connectivity index is 1.85. The number of likely N-dealkylation sites (tertiary alicyclic amines) is 1. The molecule has 0 spiro atoms. The molecule has 0 radical (unpaired) electrons. The van der Waals surface area contributed by atoms with Gasteiger partial charge in [0, 0.05) is 19.6 Å². The molecule has 5 heteroatoms. The van der Waals surface area contributed by atoms with E-state index in [9.17, 15) is 8.42 Å². The molecule has 1 fully saturated rings. The second kappa shape index (κ2) is 7.57. The molecule has 124 valence electrons. The fourth-order valence-corrected chi connectivity index (χ4v) is 3.72. The van der Waals surface area contributed by atoms with E-state index >= 15 is 0 Å². The van der Waals surface area contributed by atoms with Gasteiger partial charge in [0.1, 0.15) is 0 Å². The molecular weight excluding hydrogens is 296 g/mol. The summed E-state index contributed by atoms with van der Waals surface area (Å²) in [6.07, 6.45) is 2.12. The standard InChI is InChI=1S/C17H28N2O2S/c1-4-16-7-5-6-8-17(16)13-19-10-9-15(12-19)11-18-22(20,21)14(2)3/h5-8,14-15,18H,4,9-13H2,1-3H3/t15-/m0/s1. The smallest absolute Gasteiger partial charge is 0.213 e. The molecule has 1 atom stereocenters. The fourth-order valence-electron chi connectivity index (χ4n) is 2.92. The van der Waals surface area contributed by atoms with E-state index < -0.39 is 10.0 Å². The van der Waals surface area contributed by atoms with Crippen LogP contribution in [-0.2, 0) is 23.0 Å². The second-order valence-electron chi connectivity index (χ2n) is 6.45. The molecule has 1 aliphatic heterocycles. The summed E-state index contributed by atoms with van der Waals surface area (Å²) < 4.78 is 26.4. The number of nitrogens with zero attached hydrogens (tertiary/aromatic N) is 1. The molecule has 0 amide bonds. The van der Waals surface area contributed by atoms with Crippen LogP contribution in [0.15, 0.2) is 24.3 Å². The molecule has 1 heterocycles. The van der Waals surface area contributed by atoms with Gasteiger partial charge in [-0.2, -0.15) is 0 Å². The van der Waals surface area contributed by atoms with Gasteiger partial charge < -0.3 is 0 Å². The van der Waals surface area contributed by atoms with Gasteiger partial charge in [-0.1, -0.05) is 31.2 Å². The number of sulfonamides is 1. The number of benzene rings is 1. The number of aryl methyl sites for hydroxylation is 1. The first-order valence-corrected chi connectivity index (χ1v) is 9.74. The lowest BCUT2D eigenvalue weighted by molar-refractivity contribution is 0.315. The Hall–Kier alpha value is -0.910. The molecular formula is C17H28N2O2S. The lowest BCUT2D eigenvalue weighted by atomic mass is 10.1. The highest BCUT2D eigenvalue weighted by molar-refractivity contribution is 7.90. The maximum atomic E-state index is 11.8. The molecule has 0 bridgehead atoms. The molecule has 22 heavy (non-hydrogen) atoms. The quantitative estimate of drug-likeness (QED) is 0.838. The summed E-state index contributed by atoms with van der Waals surface area (Å²) in [5.41, 5.74) is 2.81. The first kappa shape index (κ1) is 17.4. The molecule has 1 N–H and O–H groups in total. The third-order valence-electron chi connectivity index (χ3n) is 4.46. The Morgan fingerprint density at radius 3 is 2.59 bits per heavy atom. The van der Waals surface area contributed by atoms with Crippen molar-refractivity contribution < 1.29 is 8.42 Å². The van der Waals surface area contributed by atoms with Crippen molar-refractivity contribution in [2.24, 2.45) is 5.92 Å². The number of hydrogen-bond donors (Lipinski definition) is 1. The summed E-state index contributed by atoms with van der Waals surface area (Å²) in [5, 5.41) is -0.360.